The van der Waals surface area contributed by atoms with Crippen LogP contribution >= 0.6 is 0 Å². The number of aromatic nitrogens is 3. The predicted molar refractivity (Wildman–Crippen MR) is 81.7 cm³/mol. The number of nitrogens with one attached hydrogen (secondary N) is 1. The van der Waals surface area contributed by atoms with Crippen LogP contribution in [0.25, 0.3) is 10.9 Å². The van der Waals surface area contributed by atoms with Crippen LogP contribution in [0.3, 0.4) is 0 Å². The highest BCUT2D eigenvalue weighted by Crippen LogP contribution is 2.17. The number of rotatable bonds is 4. The summed E-state index contributed by atoms with van der Waals surface area (Å²) in [5.41, 5.74) is 4.50. The third-order valence-corrected chi connectivity index (χ3v) is 3.39. The summed E-state index contributed by atoms with van der Waals surface area (Å²) in [6, 6.07) is 10.4. The molecule has 0 bridgehead atoms. The van der Waals surface area contributed by atoms with Gasteiger partial charge in [-0.3, -0.25) is 9.67 Å². The lowest BCUT2D eigenvalue weighted by atomic mass is 10.1. The van der Waals surface area contributed by atoms with Crippen LogP contribution in [0.2, 0.25) is 0 Å². The lowest BCUT2D eigenvalue weighted by molar-refractivity contribution is 0.746. The maximum absolute atomic E-state index is 4.44. The summed E-state index contributed by atoms with van der Waals surface area (Å²) in [6.45, 7) is 2.92. The van der Waals surface area contributed by atoms with Crippen molar-refractivity contribution in [3.8, 4) is 0 Å². The Kier molecular flexibility index (Phi) is 3.37. The van der Waals surface area contributed by atoms with Gasteiger partial charge >= 0.3 is 0 Å². The lowest BCUT2D eigenvalue weighted by Crippen LogP contribution is -2.00. The molecule has 3 rings (SSSR count). The number of aryl methyl sites for hydroxylation is 2. The van der Waals surface area contributed by atoms with Crippen molar-refractivity contribution < 1.29 is 0 Å². The van der Waals surface area contributed by atoms with E-state index in [-0.39, 0.29) is 0 Å². The number of pyridine rings is 1. The fourth-order valence-corrected chi connectivity index (χ4v) is 2.38. The van der Waals surface area contributed by atoms with Crippen LogP contribution in [0.4, 0.5) is 5.69 Å². The molecule has 102 valence electrons. The smallest absolute Gasteiger partial charge is 0.0853 e. The van der Waals surface area contributed by atoms with Gasteiger partial charge in [-0.1, -0.05) is 19.1 Å². The molecule has 2 heterocycles. The van der Waals surface area contributed by atoms with Gasteiger partial charge in [0.05, 0.1) is 16.9 Å². The second-order valence-corrected chi connectivity index (χ2v) is 4.90. The molecule has 0 amide bonds. The van der Waals surface area contributed by atoms with E-state index in [4.69, 9.17) is 0 Å². The van der Waals surface area contributed by atoms with Crippen molar-refractivity contribution in [3.05, 3.63) is 54.0 Å². The highest BCUT2D eigenvalue weighted by Gasteiger charge is 2.05. The minimum atomic E-state index is 0.795. The zero-order valence-electron chi connectivity index (χ0n) is 11.8. The first-order valence-electron chi connectivity index (χ1n) is 6.86. The molecule has 0 aliphatic heterocycles. The van der Waals surface area contributed by atoms with Crippen molar-refractivity contribution in [2.75, 3.05) is 5.32 Å². The van der Waals surface area contributed by atoms with Crippen molar-refractivity contribution in [2.24, 2.45) is 7.05 Å². The summed E-state index contributed by atoms with van der Waals surface area (Å²) in [6.07, 6.45) is 4.79. The second-order valence-electron chi connectivity index (χ2n) is 4.90. The van der Waals surface area contributed by atoms with Crippen molar-refractivity contribution >= 4 is 16.6 Å². The summed E-state index contributed by atoms with van der Waals surface area (Å²) in [4.78, 5) is 4.34. The molecular weight excluding hydrogens is 248 g/mol. The van der Waals surface area contributed by atoms with Gasteiger partial charge in [-0.25, -0.2) is 0 Å². The molecule has 0 spiro atoms. The quantitative estimate of drug-likeness (QED) is 0.789. The monoisotopic (exact) mass is 266 g/mol. The van der Waals surface area contributed by atoms with Gasteiger partial charge in [-0.05, 0) is 30.2 Å². The fourth-order valence-electron chi connectivity index (χ4n) is 2.38. The Labute approximate surface area is 118 Å². The topological polar surface area (TPSA) is 42.7 Å². The molecule has 0 aliphatic rings. The van der Waals surface area contributed by atoms with E-state index in [2.05, 4.69) is 46.6 Å². The average Bonchev–Trinajstić information content (AvgIpc) is 2.85. The molecule has 4 heteroatoms. The van der Waals surface area contributed by atoms with Crippen LogP contribution in [-0.4, -0.2) is 14.8 Å². The Bertz CT molecular complexity index is 730. The van der Waals surface area contributed by atoms with Gasteiger partial charge in [0.15, 0.2) is 0 Å². The van der Waals surface area contributed by atoms with Gasteiger partial charge in [-0.15, -0.1) is 0 Å². The largest absolute Gasteiger partial charge is 0.378 e. The number of fused-ring (bicyclic) bond motifs is 1. The molecule has 0 unspecified atom stereocenters. The van der Waals surface area contributed by atoms with E-state index in [0.717, 1.165) is 29.9 Å². The molecule has 4 nitrogen and oxygen atoms in total. The van der Waals surface area contributed by atoms with Crippen LogP contribution in [0.1, 0.15) is 18.2 Å². The number of benzene rings is 1. The summed E-state index contributed by atoms with van der Waals surface area (Å²) >= 11 is 0. The molecule has 0 saturated carbocycles. The Morgan fingerprint density at radius 2 is 2.15 bits per heavy atom. The van der Waals surface area contributed by atoms with Gasteiger partial charge in [-0.2, -0.15) is 5.10 Å². The first kappa shape index (κ1) is 12.7. The Morgan fingerprint density at radius 3 is 3.00 bits per heavy atom. The Hall–Kier alpha value is -2.36. The van der Waals surface area contributed by atoms with Crippen molar-refractivity contribution in [3.63, 3.8) is 0 Å². The molecule has 3 aromatic rings. The second kappa shape index (κ2) is 5.33. The summed E-state index contributed by atoms with van der Waals surface area (Å²) in [7, 11) is 1.95. The van der Waals surface area contributed by atoms with Crippen molar-refractivity contribution in [1.29, 1.82) is 0 Å². The first-order chi connectivity index (χ1) is 9.76. The molecule has 2 aromatic heterocycles. The zero-order chi connectivity index (χ0) is 13.9. The van der Waals surface area contributed by atoms with Gasteiger partial charge in [0.1, 0.15) is 0 Å². The molecule has 0 saturated heterocycles. The minimum Gasteiger partial charge on any atom is -0.378 e. The molecular formula is C16H18N4. The molecule has 0 aliphatic carbocycles. The summed E-state index contributed by atoms with van der Waals surface area (Å²) in [5, 5.41) is 9.07. The maximum atomic E-state index is 4.44. The minimum absolute atomic E-state index is 0.795. The number of anilines is 1. The van der Waals surface area contributed by atoms with E-state index < -0.39 is 0 Å². The molecule has 20 heavy (non-hydrogen) atoms. The molecule has 1 N–H and O–H groups in total. The van der Waals surface area contributed by atoms with Gasteiger partial charge in [0, 0.05) is 31.4 Å². The lowest BCUT2D eigenvalue weighted by Gasteiger charge is -2.06. The van der Waals surface area contributed by atoms with Crippen LogP contribution in [-0.2, 0) is 20.0 Å². The van der Waals surface area contributed by atoms with E-state index >= 15 is 0 Å². The van der Waals surface area contributed by atoms with Gasteiger partial charge in [0.25, 0.3) is 0 Å². The molecule has 0 fully saturated rings. The fraction of sp³-hybridized carbons (Fsp3) is 0.250. The van der Waals surface area contributed by atoms with Crippen LogP contribution < -0.4 is 5.32 Å². The van der Waals surface area contributed by atoms with Gasteiger partial charge < -0.3 is 5.32 Å². The van der Waals surface area contributed by atoms with Crippen molar-refractivity contribution in [2.45, 2.75) is 19.9 Å². The third kappa shape index (κ3) is 2.50. The molecule has 0 atom stereocenters. The van der Waals surface area contributed by atoms with E-state index in [1.807, 2.05) is 30.2 Å². The summed E-state index contributed by atoms with van der Waals surface area (Å²) in [5.74, 6) is 0. The number of hydrogen-bond acceptors (Lipinski definition) is 3. The van der Waals surface area contributed by atoms with Crippen molar-refractivity contribution in [1.82, 2.24) is 14.8 Å². The average molecular weight is 266 g/mol. The van der Waals surface area contributed by atoms with Crippen LogP contribution in [0.15, 0.2) is 42.7 Å². The van der Waals surface area contributed by atoms with E-state index in [1.165, 1.54) is 10.9 Å². The maximum Gasteiger partial charge on any atom is 0.0853 e. The summed E-state index contributed by atoms with van der Waals surface area (Å²) < 4.78 is 1.85. The highest BCUT2D eigenvalue weighted by atomic mass is 15.3. The Balaban J connectivity index is 1.79. The third-order valence-electron chi connectivity index (χ3n) is 3.39. The zero-order valence-corrected chi connectivity index (χ0v) is 11.8. The number of nitrogens with zero attached hydrogens (tertiary/aromatic N) is 3. The SMILES string of the molecule is CCc1nn(C)cc1NCc1ccc2ncccc2c1. The standard InChI is InChI=1S/C16H18N4/c1-3-14-16(11-20(2)19-14)18-10-12-6-7-15-13(9-12)5-4-8-17-15/h4-9,11,18H,3,10H2,1-2H3. The molecule has 1 aromatic carbocycles. The van der Waals surface area contributed by atoms with Crippen LogP contribution in [0.5, 0.6) is 0 Å². The number of hydrogen-bond donors (Lipinski definition) is 1. The van der Waals surface area contributed by atoms with Crippen LogP contribution in [0, 0.1) is 0 Å². The highest BCUT2D eigenvalue weighted by molar-refractivity contribution is 5.79. The van der Waals surface area contributed by atoms with Gasteiger partial charge in [0.2, 0.25) is 0 Å². The normalized spacial score (nSPS) is 10.9. The van der Waals surface area contributed by atoms with E-state index in [0.29, 0.717) is 0 Å². The van der Waals surface area contributed by atoms with E-state index in [1.54, 1.807) is 0 Å². The Morgan fingerprint density at radius 1 is 1.25 bits per heavy atom. The predicted octanol–water partition coefficient (Wildman–Crippen LogP) is 3.14. The molecule has 0 radical (unpaired) electrons. The first-order valence-corrected chi connectivity index (χ1v) is 6.86. The van der Waals surface area contributed by atoms with E-state index in [9.17, 15) is 0 Å².